The van der Waals surface area contributed by atoms with Crippen molar-refractivity contribution in [2.45, 2.75) is 4.84 Å². The Morgan fingerprint density at radius 3 is 2.20 bits per heavy atom. The minimum Gasteiger partial charge on any atom is -0.292 e. The van der Waals surface area contributed by atoms with Crippen molar-refractivity contribution in [2.75, 3.05) is 0 Å². The summed E-state index contributed by atoms with van der Waals surface area (Å²) in [5.41, 5.74) is 0. The fraction of sp³-hybridized carbons (Fsp3) is 0.167. The first-order valence-corrected chi connectivity index (χ1v) is 3.54. The molecule has 1 aromatic rings. The molecule has 0 amide bonds. The van der Waals surface area contributed by atoms with E-state index in [4.69, 9.17) is 23.2 Å². The maximum atomic E-state index is 10.9. The van der Waals surface area contributed by atoms with E-state index in [1.807, 2.05) is 0 Å². The zero-order chi connectivity index (χ0) is 7.56. The van der Waals surface area contributed by atoms with E-state index >= 15 is 0 Å². The van der Waals surface area contributed by atoms with Gasteiger partial charge in [-0.1, -0.05) is 23.2 Å². The van der Waals surface area contributed by atoms with Crippen LogP contribution in [0.4, 0.5) is 0 Å². The van der Waals surface area contributed by atoms with Gasteiger partial charge in [0.1, 0.15) is 0 Å². The number of carbonyl (C=O) groups excluding carboxylic acids is 1. The number of aromatic nitrogens is 1. The molecule has 0 N–H and O–H groups in total. The van der Waals surface area contributed by atoms with Crippen molar-refractivity contribution in [3.8, 4) is 0 Å². The van der Waals surface area contributed by atoms with Gasteiger partial charge in [0.05, 0.1) is 0 Å². The molecule has 0 bridgehead atoms. The third-order valence-electron chi connectivity index (χ3n) is 1.05. The van der Waals surface area contributed by atoms with Crippen molar-refractivity contribution in [2.24, 2.45) is 0 Å². The van der Waals surface area contributed by atoms with Crippen molar-refractivity contribution in [1.82, 2.24) is 4.57 Å². The van der Waals surface area contributed by atoms with Crippen LogP contribution in [-0.4, -0.2) is 15.3 Å². The second-order valence-corrected chi connectivity index (χ2v) is 2.83. The van der Waals surface area contributed by atoms with Gasteiger partial charge in [-0.05, 0) is 12.1 Å². The summed E-state index contributed by atoms with van der Waals surface area (Å²) in [6, 6.07) is 3.46. The SMILES string of the molecule is O=C(C(Cl)Cl)n1cccc1. The fourth-order valence-corrected chi connectivity index (χ4v) is 0.820. The highest BCUT2D eigenvalue weighted by Crippen LogP contribution is 2.05. The van der Waals surface area contributed by atoms with Crippen molar-refractivity contribution >= 4 is 29.1 Å². The Hall–Kier alpha value is -0.470. The van der Waals surface area contributed by atoms with Crippen LogP contribution in [0.25, 0.3) is 0 Å². The van der Waals surface area contributed by atoms with E-state index in [0.717, 1.165) is 0 Å². The number of hydrogen-bond donors (Lipinski definition) is 0. The molecule has 0 atom stereocenters. The van der Waals surface area contributed by atoms with E-state index in [1.54, 1.807) is 24.5 Å². The van der Waals surface area contributed by atoms with Crippen LogP contribution in [0.1, 0.15) is 4.79 Å². The van der Waals surface area contributed by atoms with E-state index in [-0.39, 0.29) is 5.91 Å². The minimum atomic E-state index is -0.979. The van der Waals surface area contributed by atoms with Crippen LogP contribution >= 0.6 is 23.2 Å². The van der Waals surface area contributed by atoms with E-state index < -0.39 is 4.84 Å². The number of rotatable bonds is 1. The topological polar surface area (TPSA) is 22.0 Å². The van der Waals surface area contributed by atoms with Crippen molar-refractivity contribution in [3.05, 3.63) is 24.5 Å². The van der Waals surface area contributed by atoms with Crippen LogP contribution in [0.5, 0.6) is 0 Å². The molecule has 10 heavy (non-hydrogen) atoms. The van der Waals surface area contributed by atoms with Crippen LogP contribution in [0, 0.1) is 0 Å². The Morgan fingerprint density at radius 2 is 1.80 bits per heavy atom. The van der Waals surface area contributed by atoms with Crippen LogP contribution in [0.15, 0.2) is 24.5 Å². The quantitative estimate of drug-likeness (QED) is 0.602. The number of alkyl halides is 2. The first kappa shape index (κ1) is 7.63. The molecule has 2 nitrogen and oxygen atoms in total. The second-order valence-electron chi connectivity index (χ2n) is 1.73. The van der Waals surface area contributed by atoms with Crippen LogP contribution in [-0.2, 0) is 0 Å². The minimum absolute atomic E-state index is 0.326. The number of hydrogen-bond acceptors (Lipinski definition) is 1. The Morgan fingerprint density at radius 1 is 1.30 bits per heavy atom. The summed E-state index contributed by atoms with van der Waals surface area (Å²) in [4.78, 5) is 9.93. The largest absolute Gasteiger partial charge is 0.292 e. The fourth-order valence-electron chi connectivity index (χ4n) is 0.594. The molecule has 0 fully saturated rings. The zero-order valence-corrected chi connectivity index (χ0v) is 6.51. The molecule has 4 heteroatoms. The smallest absolute Gasteiger partial charge is 0.263 e. The first-order chi connectivity index (χ1) is 4.72. The number of halogens is 2. The third kappa shape index (κ3) is 1.52. The summed E-state index contributed by atoms with van der Waals surface area (Å²) in [6.45, 7) is 0. The molecular formula is C6H5Cl2NO. The van der Waals surface area contributed by atoms with Gasteiger partial charge in [-0.25, -0.2) is 0 Å². The van der Waals surface area contributed by atoms with Crippen LogP contribution < -0.4 is 0 Å². The van der Waals surface area contributed by atoms with Gasteiger partial charge in [0.15, 0.2) is 4.84 Å². The highest BCUT2D eigenvalue weighted by Gasteiger charge is 2.11. The van der Waals surface area contributed by atoms with E-state index in [9.17, 15) is 4.79 Å². The summed E-state index contributed by atoms with van der Waals surface area (Å²) < 4.78 is 1.34. The normalized spacial score (nSPS) is 10.3. The lowest BCUT2D eigenvalue weighted by Gasteiger charge is -1.99. The summed E-state index contributed by atoms with van der Waals surface area (Å²) >= 11 is 10.6. The standard InChI is InChI=1S/C6H5Cl2NO/c7-5(8)6(10)9-3-1-2-4-9/h1-5H. The van der Waals surface area contributed by atoms with Crippen molar-refractivity contribution in [1.29, 1.82) is 0 Å². The maximum absolute atomic E-state index is 10.9. The molecule has 0 aliphatic rings. The molecule has 0 aromatic carbocycles. The van der Waals surface area contributed by atoms with E-state index in [2.05, 4.69) is 0 Å². The van der Waals surface area contributed by atoms with Gasteiger partial charge in [-0.2, -0.15) is 0 Å². The Bertz CT molecular complexity index is 218. The average molecular weight is 178 g/mol. The lowest BCUT2D eigenvalue weighted by Crippen LogP contribution is -2.15. The molecule has 54 valence electrons. The maximum Gasteiger partial charge on any atom is 0.263 e. The molecule has 1 aromatic heterocycles. The monoisotopic (exact) mass is 177 g/mol. The first-order valence-electron chi connectivity index (χ1n) is 2.67. The lowest BCUT2D eigenvalue weighted by molar-refractivity contribution is 0.0930. The van der Waals surface area contributed by atoms with Crippen molar-refractivity contribution in [3.63, 3.8) is 0 Å². The van der Waals surface area contributed by atoms with Crippen molar-refractivity contribution < 1.29 is 4.79 Å². The highest BCUT2D eigenvalue weighted by molar-refractivity contribution is 6.53. The zero-order valence-electron chi connectivity index (χ0n) is 5.00. The lowest BCUT2D eigenvalue weighted by atomic mass is 10.7. The van der Waals surface area contributed by atoms with Gasteiger partial charge in [-0.15, -0.1) is 0 Å². The van der Waals surface area contributed by atoms with Gasteiger partial charge in [0.25, 0.3) is 5.91 Å². The molecular weight excluding hydrogens is 173 g/mol. The summed E-state index contributed by atoms with van der Waals surface area (Å²) in [6.07, 6.45) is 3.19. The molecule has 0 saturated carbocycles. The predicted molar refractivity (Wildman–Crippen MR) is 40.6 cm³/mol. The summed E-state index contributed by atoms with van der Waals surface area (Å²) in [7, 11) is 0. The Kier molecular flexibility index (Phi) is 2.35. The Labute approximate surface area is 68.3 Å². The van der Waals surface area contributed by atoms with Gasteiger partial charge in [-0.3, -0.25) is 9.36 Å². The van der Waals surface area contributed by atoms with Gasteiger partial charge in [0.2, 0.25) is 0 Å². The van der Waals surface area contributed by atoms with E-state index in [1.165, 1.54) is 4.57 Å². The molecule has 0 spiro atoms. The van der Waals surface area contributed by atoms with Crippen LogP contribution in [0.2, 0.25) is 0 Å². The molecule has 0 saturated heterocycles. The van der Waals surface area contributed by atoms with E-state index in [0.29, 0.717) is 0 Å². The second kappa shape index (κ2) is 3.08. The molecule has 1 rings (SSSR count). The summed E-state index contributed by atoms with van der Waals surface area (Å²) in [5, 5.41) is 0. The van der Waals surface area contributed by atoms with Crippen LogP contribution in [0.3, 0.4) is 0 Å². The predicted octanol–water partition coefficient (Wildman–Crippen LogP) is 1.93. The average Bonchev–Trinajstić information content (AvgIpc) is 2.36. The van der Waals surface area contributed by atoms with Gasteiger partial charge >= 0.3 is 0 Å². The highest BCUT2D eigenvalue weighted by atomic mass is 35.5. The number of nitrogens with zero attached hydrogens (tertiary/aromatic N) is 1. The summed E-state index contributed by atoms with van der Waals surface area (Å²) in [5.74, 6) is -0.326. The third-order valence-corrected chi connectivity index (χ3v) is 1.42. The number of carbonyl (C=O) groups is 1. The van der Waals surface area contributed by atoms with Gasteiger partial charge in [0, 0.05) is 12.4 Å². The molecule has 1 heterocycles. The van der Waals surface area contributed by atoms with Gasteiger partial charge < -0.3 is 0 Å². The molecule has 0 aliphatic heterocycles. The molecule has 0 aliphatic carbocycles. The molecule has 0 unspecified atom stereocenters. The Balaban J connectivity index is 2.78. The molecule has 0 radical (unpaired) electrons.